The monoisotopic (exact) mass is 394 g/mol. The molecule has 3 aromatic heterocycles. The molecule has 10 heteroatoms. The second kappa shape index (κ2) is 6.69. The van der Waals surface area contributed by atoms with Crippen LogP contribution >= 0.6 is 23.2 Å². The highest BCUT2D eigenvalue weighted by molar-refractivity contribution is 6.41. The topological polar surface area (TPSA) is 96.8 Å². The van der Waals surface area contributed by atoms with Gasteiger partial charge in [0.15, 0.2) is 11.5 Å². The largest absolute Gasteiger partial charge is 0.361 e. The number of nitrogens with one attached hydrogen (secondary N) is 1. The fourth-order valence-corrected chi connectivity index (χ4v) is 2.95. The SMILES string of the molecule is CC(C)c1ncnc(N(C)C)c1-n1c(=O)[nH]c(=O)c2cc(Cl)c(Cl)nc21. The van der Waals surface area contributed by atoms with Crippen molar-refractivity contribution in [2.24, 2.45) is 0 Å². The molecule has 8 nitrogen and oxygen atoms in total. The lowest BCUT2D eigenvalue weighted by Crippen LogP contribution is -2.32. The van der Waals surface area contributed by atoms with Crippen LogP contribution in [-0.4, -0.2) is 38.6 Å². The predicted octanol–water partition coefficient (Wildman–Crippen LogP) is 2.36. The van der Waals surface area contributed by atoms with Crippen molar-refractivity contribution >= 4 is 40.1 Å². The average molecular weight is 395 g/mol. The zero-order valence-corrected chi connectivity index (χ0v) is 16.1. The molecule has 0 unspecified atom stereocenters. The van der Waals surface area contributed by atoms with E-state index >= 15 is 0 Å². The molecule has 0 saturated carbocycles. The molecule has 3 aromatic rings. The zero-order valence-electron chi connectivity index (χ0n) is 14.5. The first-order valence-electron chi connectivity index (χ1n) is 7.76. The Kier molecular flexibility index (Phi) is 4.72. The van der Waals surface area contributed by atoms with Gasteiger partial charge in [0.25, 0.3) is 5.56 Å². The van der Waals surface area contributed by atoms with Crippen LogP contribution in [0.1, 0.15) is 25.5 Å². The van der Waals surface area contributed by atoms with Crippen LogP contribution < -0.4 is 16.1 Å². The third kappa shape index (κ3) is 2.95. The molecule has 0 amide bonds. The standard InChI is InChI=1S/C16H16Cl2N6O2/c1-7(2)10-11(14(23(3)4)20-6-19-10)24-13-8(15(25)22-16(24)26)5-9(17)12(18)21-13/h5-7H,1-4H3,(H,22,25,26). The number of rotatable bonds is 3. The number of H-pyrrole nitrogens is 1. The normalized spacial score (nSPS) is 11.3. The van der Waals surface area contributed by atoms with E-state index in [1.165, 1.54) is 17.0 Å². The van der Waals surface area contributed by atoms with Gasteiger partial charge >= 0.3 is 5.69 Å². The molecule has 3 rings (SSSR count). The number of fused-ring (bicyclic) bond motifs is 1. The minimum absolute atomic E-state index is 0.00716. The number of hydrogen-bond donors (Lipinski definition) is 1. The van der Waals surface area contributed by atoms with Gasteiger partial charge in [-0.2, -0.15) is 0 Å². The summed E-state index contributed by atoms with van der Waals surface area (Å²) in [5, 5.41) is 0.255. The summed E-state index contributed by atoms with van der Waals surface area (Å²) in [4.78, 5) is 41.8. The summed E-state index contributed by atoms with van der Waals surface area (Å²) in [6.45, 7) is 3.89. The van der Waals surface area contributed by atoms with Crippen LogP contribution in [0, 0.1) is 0 Å². The Morgan fingerprint density at radius 2 is 1.88 bits per heavy atom. The zero-order chi connectivity index (χ0) is 19.2. The number of halogens is 2. The molecule has 1 N–H and O–H groups in total. The minimum Gasteiger partial charge on any atom is -0.361 e. The molecule has 136 valence electrons. The number of nitrogens with zero attached hydrogens (tertiary/aromatic N) is 5. The van der Waals surface area contributed by atoms with Crippen molar-refractivity contribution in [3.8, 4) is 5.69 Å². The van der Waals surface area contributed by atoms with E-state index in [0.717, 1.165) is 0 Å². The van der Waals surface area contributed by atoms with Crippen molar-refractivity contribution in [3.63, 3.8) is 0 Å². The first kappa shape index (κ1) is 18.3. The molecule has 0 aliphatic heterocycles. The summed E-state index contributed by atoms with van der Waals surface area (Å²) in [7, 11) is 3.60. The van der Waals surface area contributed by atoms with Crippen molar-refractivity contribution in [1.82, 2.24) is 24.5 Å². The van der Waals surface area contributed by atoms with Crippen LogP contribution in [0.15, 0.2) is 22.0 Å². The van der Waals surface area contributed by atoms with E-state index < -0.39 is 11.2 Å². The van der Waals surface area contributed by atoms with Gasteiger partial charge in [-0.1, -0.05) is 37.0 Å². The van der Waals surface area contributed by atoms with Crippen LogP contribution in [0.4, 0.5) is 5.82 Å². The van der Waals surface area contributed by atoms with Gasteiger partial charge in [0.1, 0.15) is 17.2 Å². The summed E-state index contributed by atoms with van der Waals surface area (Å²) in [6.07, 6.45) is 1.43. The summed E-state index contributed by atoms with van der Waals surface area (Å²) in [5.74, 6) is 0.496. The van der Waals surface area contributed by atoms with E-state index in [-0.39, 0.29) is 27.1 Å². The van der Waals surface area contributed by atoms with E-state index in [4.69, 9.17) is 23.2 Å². The summed E-state index contributed by atoms with van der Waals surface area (Å²) in [6, 6.07) is 1.38. The molecule has 0 aromatic carbocycles. The van der Waals surface area contributed by atoms with Gasteiger partial charge in [-0.3, -0.25) is 9.78 Å². The van der Waals surface area contributed by atoms with Gasteiger partial charge in [-0.15, -0.1) is 0 Å². The third-order valence-electron chi connectivity index (χ3n) is 3.82. The number of aromatic amines is 1. The van der Waals surface area contributed by atoms with Crippen molar-refractivity contribution in [3.05, 3.63) is 49.1 Å². The Balaban J connectivity index is 2.57. The quantitative estimate of drug-likeness (QED) is 0.684. The molecule has 0 bridgehead atoms. The lowest BCUT2D eigenvalue weighted by Gasteiger charge is -2.21. The van der Waals surface area contributed by atoms with E-state index in [2.05, 4.69) is 19.9 Å². The second-order valence-electron chi connectivity index (χ2n) is 6.21. The fourth-order valence-electron chi connectivity index (χ4n) is 2.67. The second-order valence-corrected chi connectivity index (χ2v) is 6.97. The van der Waals surface area contributed by atoms with Crippen LogP contribution in [0.2, 0.25) is 10.2 Å². The molecule has 0 fully saturated rings. The smallest absolute Gasteiger partial charge is 0.334 e. The molecule has 0 aliphatic rings. The lowest BCUT2D eigenvalue weighted by atomic mass is 10.1. The van der Waals surface area contributed by atoms with E-state index in [1.807, 2.05) is 13.8 Å². The molecule has 0 aliphatic carbocycles. The summed E-state index contributed by atoms with van der Waals surface area (Å²) in [5.41, 5.74) is -0.0977. The molecule has 0 atom stereocenters. The van der Waals surface area contributed by atoms with Gasteiger partial charge < -0.3 is 4.90 Å². The van der Waals surface area contributed by atoms with Crippen LogP contribution in [0.5, 0.6) is 0 Å². The first-order chi connectivity index (χ1) is 12.2. The molecule has 26 heavy (non-hydrogen) atoms. The number of pyridine rings is 1. The Morgan fingerprint density at radius 1 is 1.19 bits per heavy atom. The lowest BCUT2D eigenvalue weighted by molar-refractivity contribution is 0.778. The molecule has 0 saturated heterocycles. The summed E-state index contributed by atoms with van der Waals surface area (Å²) < 4.78 is 1.27. The summed E-state index contributed by atoms with van der Waals surface area (Å²) >= 11 is 12.0. The number of anilines is 1. The molecular formula is C16H16Cl2N6O2. The average Bonchev–Trinajstić information content (AvgIpc) is 2.56. The van der Waals surface area contributed by atoms with Gasteiger partial charge in [-0.25, -0.2) is 24.3 Å². The van der Waals surface area contributed by atoms with E-state index in [0.29, 0.717) is 17.2 Å². The highest BCUT2D eigenvalue weighted by atomic mass is 35.5. The van der Waals surface area contributed by atoms with Crippen LogP contribution in [-0.2, 0) is 0 Å². The molecular weight excluding hydrogens is 379 g/mol. The maximum atomic E-state index is 12.7. The van der Waals surface area contributed by atoms with Gasteiger partial charge in [0.05, 0.1) is 16.1 Å². The fraction of sp³-hybridized carbons (Fsp3) is 0.312. The van der Waals surface area contributed by atoms with Crippen LogP contribution in [0.25, 0.3) is 16.7 Å². The molecule has 0 radical (unpaired) electrons. The van der Waals surface area contributed by atoms with E-state index in [9.17, 15) is 9.59 Å². The van der Waals surface area contributed by atoms with Crippen LogP contribution in [0.3, 0.4) is 0 Å². The minimum atomic E-state index is -0.659. The van der Waals surface area contributed by atoms with E-state index in [1.54, 1.807) is 19.0 Å². The van der Waals surface area contributed by atoms with Gasteiger partial charge in [-0.05, 0) is 12.0 Å². The Bertz CT molecular complexity index is 1090. The van der Waals surface area contributed by atoms with Crippen molar-refractivity contribution < 1.29 is 0 Å². The highest BCUT2D eigenvalue weighted by Gasteiger charge is 2.22. The number of aromatic nitrogens is 5. The highest BCUT2D eigenvalue weighted by Crippen LogP contribution is 2.30. The Hall–Kier alpha value is -2.45. The van der Waals surface area contributed by atoms with Crippen molar-refractivity contribution in [1.29, 1.82) is 0 Å². The predicted molar refractivity (Wildman–Crippen MR) is 102 cm³/mol. The van der Waals surface area contributed by atoms with Gasteiger partial charge in [0.2, 0.25) is 0 Å². The Labute approximate surface area is 158 Å². The number of hydrogen-bond acceptors (Lipinski definition) is 6. The Morgan fingerprint density at radius 3 is 2.50 bits per heavy atom. The van der Waals surface area contributed by atoms with Gasteiger partial charge in [0, 0.05) is 14.1 Å². The molecule has 0 spiro atoms. The van der Waals surface area contributed by atoms with Crippen molar-refractivity contribution in [2.75, 3.05) is 19.0 Å². The first-order valence-corrected chi connectivity index (χ1v) is 8.51. The third-order valence-corrected chi connectivity index (χ3v) is 4.49. The maximum Gasteiger partial charge on any atom is 0.334 e. The van der Waals surface area contributed by atoms with Crippen molar-refractivity contribution in [2.45, 2.75) is 19.8 Å². The maximum absolute atomic E-state index is 12.7. The molecule has 3 heterocycles.